The Morgan fingerprint density at radius 3 is 2.81 bits per heavy atom. The maximum atomic E-state index is 12.6. The van der Waals surface area contributed by atoms with Crippen molar-refractivity contribution in [2.75, 3.05) is 30.4 Å². The number of likely N-dealkylation sites (N-methyl/N-ethyl adjacent to an activating group) is 1. The summed E-state index contributed by atoms with van der Waals surface area (Å²) in [7, 11) is 1.56. The van der Waals surface area contributed by atoms with Gasteiger partial charge >= 0.3 is 0 Å². The molecule has 26 heavy (non-hydrogen) atoms. The molecular weight excluding hydrogens is 354 g/mol. The van der Waals surface area contributed by atoms with Crippen molar-refractivity contribution in [2.45, 2.75) is 13.0 Å². The van der Waals surface area contributed by atoms with Crippen LogP contribution < -0.4 is 20.3 Å². The Balaban J connectivity index is 1.78. The maximum Gasteiger partial charge on any atom is 0.262 e. The molecule has 1 heterocycles. The number of carbonyl (C=O) groups is 2. The van der Waals surface area contributed by atoms with E-state index >= 15 is 0 Å². The molecule has 6 nitrogen and oxygen atoms in total. The molecular formula is C19H20ClN3O3. The van der Waals surface area contributed by atoms with E-state index in [1.807, 2.05) is 36.1 Å². The summed E-state index contributed by atoms with van der Waals surface area (Å²) in [5.41, 5.74) is 2.38. The second kappa shape index (κ2) is 7.66. The van der Waals surface area contributed by atoms with E-state index < -0.39 is 6.10 Å². The Bertz CT molecular complexity index is 841. The first kappa shape index (κ1) is 18.1. The molecule has 0 saturated heterocycles. The van der Waals surface area contributed by atoms with Crippen LogP contribution in [0.5, 0.6) is 5.75 Å². The minimum atomic E-state index is -0.671. The number of aryl methyl sites for hydroxylation is 1. The number of rotatable bonds is 4. The SMILES string of the molecule is CNC(=O)C1CN(CC(=O)Nc2cc(Cl)ccc2C)c2ccccc2O1. The Labute approximate surface area is 157 Å². The van der Waals surface area contributed by atoms with Gasteiger partial charge in [-0.15, -0.1) is 0 Å². The number of nitrogens with one attached hydrogen (secondary N) is 2. The molecule has 1 aliphatic rings. The van der Waals surface area contributed by atoms with Crippen molar-refractivity contribution in [2.24, 2.45) is 0 Å². The first-order valence-corrected chi connectivity index (χ1v) is 8.64. The topological polar surface area (TPSA) is 70.7 Å². The molecule has 1 aliphatic heterocycles. The number of anilines is 2. The first-order valence-electron chi connectivity index (χ1n) is 8.26. The van der Waals surface area contributed by atoms with Gasteiger partial charge in [-0.3, -0.25) is 9.59 Å². The molecule has 2 amide bonds. The van der Waals surface area contributed by atoms with Crippen LogP contribution >= 0.6 is 11.6 Å². The number of amides is 2. The van der Waals surface area contributed by atoms with Crippen molar-refractivity contribution in [1.82, 2.24) is 5.32 Å². The number of hydrogen-bond acceptors (Lipinski definition) is 4. The Hall–Kier alpha value is -2.73. The molecule has 7 heteroatoms. The van der Waals surface area contributed by atoms with Gasteiger partial charge in [0.2, 0.25) is 5.91 Å². The van der Waals surface area contributed by atoms with Crippen LogP contribution in [0.3, 0.4) is 0 Å². The minimum absolute atomic E-state index is 0.0970. The number of para-hydroxylation sites is 2. The van der Waals surface area contributed by atoms with Gasteiger partial charge in [-0.1, -0.05) is 29.8 Å². The fraction of sp³-hybridized carbons (Fsp3) is 0.263. The zero-order valence-electron chi connectivity index (χ0n) is 14.6. The smallest absolute Gasteiger partial charge is 0.262 e. The summed E-state index contributed by atoms with van der Waals surface area (Å²) >= 11 is 6.01. The van der Waals surface area contributed by atoms with Crippen molar-refractivity contribution in [1.29, 1.82) is 0 Å². The molecule has 0 fully saturated rings. The fourth-order valence-electron chi connectivity index (χ4n) is 2.85. The van der Waals surface area contributed by atoms with E-state index in [0.29, 0.717) is 23.0 Å². The highest BCUT2D eigenvalue weighted by atomic mass is 35.5. The number of fused-ring (bicyclic) bond motifs is 1. The van der Waals surface area contributed by atoms with Gasteiger partial charge in [0, 0.05) is 17.8 Å². The third kappa shape index (κ3) is 3.91. The average Bonchev–Trinajstić information content (AvgIpc) is 2.64. The van der Waals surface area contributed by atoms with Crippen LogP contribution in [-0.4, -0.2) is 38.1 Å². The maximum absolute atomic E-state index is 12.6. The van der Waals surface area contributed by atoms with Crippen LogP contribution in [-0.2, 0) is 9.59 Å². The highest BCUT2D eigenvalue weighted by Gasteiger charge is 2.31. The van der Waals surface area contributed by atoms with Crippen LogP contribution in [0.15, 0.2) is 42.5 Å². The van der Waals surface area contributed by atoms with E-state index in [0.717, 1.165) is 11.3 Å². The molecule has 2 N–H and O–H groups in total. The summed E-state index contributed by atoms with van der Waals surface area (Å²) in [5.74, 6) is 0.164. The van der Waals surface area contributed by atoms with Gasteiger partial charge in [-0.2, -0.15) is 0 Å². The second-order valence-electron chi connectivity index (χ2n) is 6.08. The van der Waals surface area contributed by atoms with Crippen LogP contribution in [0.4, 0.5) is 11.4 Å². The molecule has 2 aromatic rings. The second-order valence-corrected chi connectivity index (χ2v) is 6.51. The number of nitrogens with zero attached hydrogens (tertiary/aromatic N) is 1. The molecule has 0 spiro atoms. The Morgan fingerprint density at radius 2 is 2.04 bits per heavy atom. The largest absolute Gasteiger partial charge is 0.477 e. The van der Waals surface area contributed by atoms with Crippen LogP contribution in [0.1, 0.15) is 5.56 Å². The van der Waals surface area contributed by atoms with Gasteiger partial charge in [0.05, 0.1) is 18.8 Å². The summed E-state index contributed by atoms with van der Waals surface area (Å²) < 4.78 is 5.75. The van der Waals surface area contributed by atoms with E-state index in [4.69, 9.17) is 16.3 Å². The molecule has 0 bridgehead atoms. The summed E-state index contributed by atoms with van der Waals surface area (Å²) in [6, 6.07) is 12.7. The van der Waals surface area contributed by atoms with Crippen molar-refractivity contribution in [3.8, 4) is 5.75 Å². The summed E-state index contributed by atoms with van der Waals surface area (Å²) in [5, 5.41) is 6.03. The zero-order chi connectivity index (χ0) is 18.7. The highest BCUT2D eigenvalue weighted by molar-refractivity contribution is 6.31. The molecule has 3 rings (SSSR count). The predicted octanol–water partition coefficient (Wildman–Crippen LogP) is 2.60. The third-order valence-electron chi connectivity index (χ3n) is 4.21. The molecule has 136 valence electrons. The van der Waals surface area contributed by atoms with E-state index in [1.54, 1.807) is 25.2 Å². The van der Waals surface area contributed by atoms with Gasteiger partial charge in [0.15, 0.2) is 6.10 Å². The van der Waals surface area contributed by atoms with Crippen molar-refractivity contribution in [3.05, 3.63) is 53.1 Å². The van der Waals surface area contributed by atoms with Crippen LogP contribution in [0, 0.1) is 6.92 Å². The van der Waals surface area contributed by atoms with Gasteiger partial charge < -0.3 is 20.3 Å². The lowest BCUT2D eigenvalue weighted by Gasteiger charge is -2.35. The number of hydrogen-bond donors (Lipinski definition) is 2. The number of ether oxygens (including phenoxy) is 1. The number of halogens is 1. The minimum Gasteiger partial charge on any atom is -0.477 e. The molecule has 0 aromatic heterocycles. The lowest BCUT2D eigenvalue weighted by molar-refractivity contribution is -0.127. The van der Waals surface area contributed by atoms with Crippen LogP contribution in [0.2, 0.25) is 5.02 Å². The summed E-state index contributed by atoms with van der Waals surface area (Å²) in [6.45, 7) is 2.29. The standard InChI is InChI=1S/C19H20ClN3O3/c1-12-7-8-13(20)9-14(12)22-18(24)11-23-10-17(19(25)21-2)26-16-6-4-3-5-15(16)23/h3-9,17H,10-11H2,1-2H3,(H,21,25)(H,22,24). The van der Waals surface area contributed by atoms with Gasteiger partial charge in [0.1, 0.15) is 5.75 Å². The fourth-order valence-corrected chi connectivity index (χ4v) is 3.02. The molecule has 0 aliphatic carbocycles. The molecule has 1 unspecified atom stereocenters. The van der Waals surface area contributed by atoms with Crippen molar-refractivity contribution in [3.63, 3.8) is 0 Å². The van der Waals surface area contributed by atoms with Crippen molar-refractivity contribution < 1.29 is 14.3 Å². The number of benzene rings is 2. The average molecular weight is 374 g/mol. The van der Waals surface area contributed by atoms with E-state index in [2.05, 4.69) is 10.6 Å². The summed E-state index contributed by atoms with van der Waals surface area (Å²) in [6.07, 6.45) is -0.671. The van der Waals surface area contributed by atoms with E-state index in [-0.39, 0.29) is 18.4 Å². The van der Waals surface area contributed by atoms with Crippen LogP contribution in [0.25, 0.3) is 0 Å². The van der Waals surface area contributed by atoms with Gasteiger partial charge in [0.25, 0.3) is 5.91 Å². The lowest BCUT2D eigenvalue weighted by Crippen LogP contribution is -2.50. The highest BCUT2D eigenvalue weighted by Crippen LogP contribution is 2.33. The number of carbonyl (C=O) groups excluding carboxylic acids is 2. The zero-order valence-corrected chi connectivity index (χ0v) is 15.3. The van der Waals surface area contributed by atoms with E-state index in [9.17, 15) is 9.59 Å². The monoisotopic (exact) mass is 373 g/mol. The van der Waals surface area contributed by atoms with Crippen molar-refractivity contribution >= 4 is 34.8 Å². The first-order chi connectivity index (χ1) is 12.5. The molecule has 1 atom stereocenters. The Morgan fingerprint density at radius 1 is 1.27 bits per heavy atom. The predicted molar refractivity (Wildman–Crippen MR) is 102 cm³/mol. The normalized spacial score (nSPS) is 15.7. The molecule has 2 aromatic carbocycles. The molecule has 0 saturated carbocycles. The summed E-state index contributed by atoms with van der Waals surface area (Å²) in [4.78, 5) is 26.4. The van der Waals surface area contributed by atoms with Gasteiger partial charge in [-0.25, -0.2) is 0 Å². The lowest BCUT2D eigenvalue weighted by atomic mass is 10.1. The Kier molecular flexibility index (Phi) is 5.32. The quantitative estimate of drug-likeness (QED) is 0.864. The molecule has 0 radical (unpaired) electrons. The third-order valence-corrected chi connectivity index (χ3v) is 4.44. The van der Waals surface area contributed by atoms with Gasteiger partial charge in [-0.05, 0) is 36.8 Å². The van der Waals surface area contributed by atoms with E-state index in [1.165, 1.54) is 0 Å².